The van der Waals surface area contributed by atoms with Crippen LogP contribution in [0.15, 0.2) is 370 Å². The highest BCUT2D eigenvalue weighted by Gasteiger charge is 2.19. The van der Waals surface area contributed by atoms with Crippen LogP contribution in [0.4, 0.5) is 0 Å². The average molecular weight is 1660 g/mol. The van der Waals surface area contributed by atoms with Gasteiger partial charge in [-0.2, -0.15) is 0 Å². The lowest BCUT2D eigenvalue weighted by Crippen LogP contribution is -1.97. The molecule has 0 radical (unpaired) electrons. The number of nitrogens with zero attached hydrogens (tertiary/aromatic N) is 12. The summed E-state index contributed by atoms with van der Waals surface area (Å²) in [5.41, 5.74) is 20.0. The summed E-state index contributed by atoms with van der Waals surface area (Å²) in [6, 6.07) is 97.0. The van der Waals surface area contributed by atoms with Gasteiger partial charge in [0.2, 0.25) is 0 Å². The molecule has 0 aliphatic rings. The Morgan fingerprint density at radius 3 is 1.00 bits per heavy atom. The van der Waals surface area contributed by atoms with E-state index < -0.39 is 18.1 Å². The van der Waals surface area contributed by atoms with Crippen LogP contribution in [0.3, 0.4) is 0 Å². The van der Waals surface area contributed by atoms with Crippen molar-refractivity contribution in [2.24, 2.45) is 0 Å². The molecule has 16 heteroatoms. The van der Waals surface area contributed by atoms with Gasteiger partial charge in [0.25, 0.3) is 0 Å². The van der Waals surface area contributed by atoms with Gasteiger partial charge in [0, 0.05) is 87.2 Å². The molecule has 0 amide bonds. The molecular weight excluding hydrogens is 1590 g/mol. The largest absolute Gasteiger partial charge is 0.252 e. The van der Waals surface area contributed by atoms with Crippen LogP contribution < -0.4 is 0 Å². The predicted molar refractivity (Wildman–Crippen MR) is 452 cm³/mol. The summed E-state index contributed by atoms with van der Waals surface area (Å²) in [6.07, 6.45) is 6.92. The monoisotopic (exact) mass is 1650 g/mol. The Kier molecular flexibility index (Phi) is 19.3. The smallest absolute Gasteiger partial charge is 0.160 e. The number of pyridine rings is 4. The van der Waals surface area contributed by atoms with Gasteiger partial charge in [0.05, 0.1) is 28.9 Å². The van der Waals surface area contributed by atoms with Gasteiger partial charge in [0.1, 0.15) is 44.8 Å². The van der Waals surface area contributed by atoms with Gasteiger partial charge in [-0.3, -0.25) is 19.9 Å². The zero-order valence-corrected chi connectivity index (χ0v) is 63.3. The van der Waals surface area contributed by atoms with E-state index in [-0.39, 0.29) is 23.3 Å². The Labute approximate surface area is 663 Å². The molecule has 0 N–H and O–H groups in total. The molecule has 108 heavy (non-hydrogen) atoms. The van der Waals surface area contributed by atoms with E-state index in [1.807, 2.05) is 146 Å². The quantitative estimate of drug-likeness (QED) is 0.128. The second-order valence-electron chi connectivity index (χ2n) is 24.5. The van der Waals surface area contributed by atoms with Crippen LogP contribution in [0.1, 0.15) is 6.85 Å². The van der Waals surface area contributed by atoms with Crippen LogP contribution >= 0.6 is 63.7 Å². The summed E-state index contributed by atoms with van der Waals surface area (Å²) < 4.78 is 44.2. The molecule has 0 saturated carbocycles. The minimum Gasteiger partial charge on any atom is -0.252 e. The zero-order chi connectivity index (χ0) is 77.5. The van der Waals surface area contributed by atoms with Crippen molar-refractivity contribution in [2.75, 3.05) is 0 Å². The van der Waals surface area contributed by atoms with E-state index in [1.54, 1.807) is 36.9 Å². The van der Waals surface area contributed by atoms with Crippen LogP contribution in [0.25, 0.3) is 168 Å². The second-order valence-corrected chi connectivity index (χ2v) is 28.2. The van der Waals surface area contributed by atoms with Crippen molar-refractivity contribution < 1.29 is 6.85 Å². The third-order valence-electron chi connectivity index (χ3n) is 17.4. The normalized spacial score (nSPS) is 11.6. The molecule has 11 aromatic carbocycles. The molecule has 8 heterocycles. The Morgan fingerprint density at radius 1 is 0.222 bits per heavy atom. The van der Waals surface area contributed by atoms with Crippen LogP contribution in [-0.4, -0.2) is 59.8 Å². The molecule has 0 spiro atoms. The Bertz CT molecular complexity index is 6760. The van der Waals surface area contributed by atoms with Gasteiger partial charge in [0.15, 0.2) is 23.3 Å². The van der Waals surface area contributed by atoms with Gasteiger partial charge >= 0.3 is 0 Å². The lowest BCUT2D eigenvalue weighted by molar-refractivity contribution is 1.20. The van der Waals surface area contributed by atoms with Crippen molar-refractivity contribution in [3.63, 3.8) is 0 Å². The molecule has 19 rings (SSSR count). The third-order valence-corrected chi connectivity index (χ3v) is 19.4. The molecule has 0 saturated heterocycles. The number of fused-ring (bicyclic) bond motifs is 5. The molecule has 0 bridgehead atoms. The molecule has 12 nitrogen and oxygen atoms in total. The highest BCUT2D eigenvalue weighted by atomic mass is 79.9. The van der Waals surface area contributed by atoms with Crippen LogP contribution in [-0.2, 0) is 0 Å². The lowest BCUT2D eigenvalue weighted by atomic mass is 10.0. The minimum absolute atomic E-state index is 0.00773. The second kappa shape index (κ2) is 32.5. The van der Waals surface area contributed by atoms with Gasteiger partial charge < -0.3 is 0 Å². The van der Waals surface area contributed by atoms with E-state index in [4.69, 9.17) is 36.8 Å². The number of benzene rings is 11. The number of hydrogen-bond acceptors (Lipinski definition) is 12. The van der Waals surface area contributed by atoms with Crippen molar-refractivity contribution in [1.82, 2.24) is 59.8 Å². The maximum absolute atomic E-state index is 8.29. The fourth-order valence-corrected chi connectivity index (χ4v) is 14.0. The molecule has 0 unspecified atom stereocenters. The first-order valence-corrected chi connectivity index (χ1v) is 37.3. The van der Waals surface area contributed by atoms with E-state index in [9.17, 15) is 0 Å². The number of rotatable bonds is 10. The zero-order valence-electron chi connectivity index (χ0n) is 62.0. The van der Waals surface area contributed by atoms with Crippen LogP contribution in [0, 0.1) is 0 Å². The van der Waals surface area contributed by atoms with Gasteiger partial charge in [-0.1, -0.05) is 288 Å². The predicted octanol–water partition coefficient (Wildman–Crippen LogP) is 25.0. The summed E-state index contributed by atoms with van der Waals surface area (Å²) in [5, 5.41) is 2.34. The maximum atomic E-state index is 8.29. The molecule has 0 aliphatic carbocycles. The molecule has 19 aromatic rings. The fraction of sp³-hybridized carbons (Fsp3) is 0. The van der Waals surface area contributed by atoms with Crippen molar-refractivity contribution in [1.29, 1.82) is 0 Å². The van der Waals surface area contributed by atoms with E-state index in [1.165, 1.54) is 22.1 Å². The molecule has 514 valence electrons. The first kappa shape index (κ1) is 64.0. The van der Waals surface area contributed by atoms with Crippen LogP contribution in [0.5, 0.6) is 0 Å². The SMILES string of the molecule is Brc1cccc(-c2nc(-c3ccc(-c4ccccc4)cc3)c3ncccc3n2)c1.Brc1cccc(-c2nc(-c3cccc(-c4ccccc4)c3)c3ncccc3n2)c1.Brc1cccc(-c2nc(-c3cccc4ccccc34)c3ncccc3n2)c1.[2H]c1c([2H])c([2H])c(-c2nc(-c3cccc(Br)c3)nc3cccnc23)c([2H])c1[2H]. The Hall–Kier alpha value is -12.4. The Balaban J connectivity index is 0.000000114. The summed E-state index contributed by atoms with van der Waals surface area (Å²) in [7, 11) is 0. The Morgan fingerprint density at radius 2 is 0.546 bits per heavy atom. The summed E-state index contributed by atoms with van der Waals surface area (Å²) in [6.45, 7) is 0. The summed E-state index contributed by atoms with van der Waals surface area (Å²) >= 11 is 14.0. The lowest BCUT2D eigenvalue weighted by Gasteiger charge is -2.11. The molecule has 8 aromatic heterocycles. The van der Waals surface area contributed by atoms with E-state index in [2.05, 4.69) is 233 Å². The molecule has 0 fully saturated rings. The number of aromatic nitrogens is 12. The van der Waals surface area contributed by atoms with Gasteiger partial charge in [-0.15, -0.1) is 0 Å². The van der Waals surface area contributed by atoms with Gasteiger partial charge in [-0.05, 0) is 136 Å². The standard InChI is InChI=1S/2C25H16BrN3.C23H14BrN3.C19H12BrN3/c26-21-12-5-11-20(16-21)25-28-22-13-6-14-27-24(22)23(29-25)19-10-4-9-18(15-19)17-7-2-1-3-8-17;26-21-9-4-8-20(16-21)25-28-22-10-5-15-27-24(22)23(29-25)19-13-11-18(12-14-19)17-6-2-1-3-7-17;24-17-9-3-8-16(14-17)23-26-20-12-5-13-25-22(20)21(27-23)19-11-4-7-15-6-1-2-10-18(15)19;20-15-9-4-8-14(12-15)19-22-16-10-5-11-21-18(16)17(23-19)13-6-2-1-3-7-13/h2*1-16H;1-14H;1-12H/i;;;1D,2D,3D,6D,7D. The van der Waals surface area contributed by atoms with E-state index >= 15 is 0 Å². The highest BCUT2D eigenvalue weighted by molar-refractivity contribution is 9.11. The topological polar surface area (TPSA) is 155 Å². The first-order valence-electron chi connectivity index (χ1n) is 36.7. The average Bonchev–Trinajstić information content (AvgIpc) is 0.736. The number of hydrogen-bond donors (Lipinski definition) is 0. The molecular formula is C92H58Br4N12. The molecule has 0 atom stereocenters. The van der Waals surface area contributed by atoms with Crippen molar-refractivity contribution in [3.8, 4) is 113 Å². The van der Waals surface area contributed by atoms with Crippen molar-refractivity contribution in [3.05, 3.63) is 370 Å². The van der Waals surface area contributed by atoms with Crippen LogP contribution in [0.2, 0.25) is 0 Å². The van der Waals surface area contributed by atoms with Crippen molar-refractivity contribution >= 4 is 119 Å². The summed E-state index contributed by atoms with van der Waals surface area (Å²) in [5.74, 6) is 2.45. The highest BCUT2D eigenvalue weighted by Crippen LogP contribution is 2.37. The van der Waals surface area contributed by atoms with E-state index in [0.717, 1.165) is 118 Å². The molecule has 0 aliphatic heterocycles. The first-order chi connectivity index (χ1) is 55.2. The minimum atomic E-state index is -0.447. The maximum Gasteiger partial charge on any atom is 0.160 e. The number of halogens is 4. The van der Waals surface area contributed by atoms with E-state index in [0.29, 0.717) is 34.3 Å². The van der Waals surface area contributed by atoms with Crippen molar-refractivity contribution in [2.45, 2.75) is 0 Å². The third kappa shape index (κ3) is 15.9. The van der Waals surface area contributed by atoms with Gasteiger partial charge in [-0.25, -0.2) is 39.9 Å². The fourth-order valence-electron chi connectivity index (χ4n) is 12.4. The summed E-state index contributed by atoms with van der Waals surface area (Å²) in [4.78, 5) is 56.1.